The molecule has 0 fully saturated rings. The number of nitrogens with one attached hydrogen (secondary N) is 1. The fourth-order valence-electron chi connectivity index (χ4n) is 1.77. The van der Waals surface area contributed by atoms with Crippen LogP contribution in [0, 0.1) is 12.7 Å². The summed E-state index contributed by atoms with van der Waals surface area (Å²) in [6.45, 7) is 5.16. The number of carbonyl (C=O) groups is 1. The highest BCUT2D eigenvalue weighted by atomic mass is 79.9. The molecule has 0 unspecified atom stereocenters. The summed E-state index contributed by atoms with van der Waals surface area (Å²) >= 11 is 3.27. The van der Waals surface area contributed by atoms with Crippen molar-refractivity contribution in [3.63, 3.8) is 0 Å². The Kier molecular flexibility index (Phi) is 4.81. The number of nitrogens with zero attached hydrogens (tertiary/aromatic N) is 1. The SMILES string of the molecule is Cc1cc(Br)ncc1NC(=O)C(C)(C)Oc1ccc(F)cc1. The highest BCUT2D eigenvalue weighted by molar-refractivity contribution is 9.10. The second kappa shape index (κ2) is 6.44. The van der Waals surface area contributed by atoms with Crippen molar-refractivity contribution in [1.82, 2.24) is 4.98 Å². The van der Waals surface area contributed by atoms with Crippen LogP contribution in [-0.2, 0) is 4.79 Å². The second-order valence-electron chi connectivity index (χ2n) is 5.34. The molecule has 1 amide bonds. The molecule has 1 aromatic heterocycles. The highest BCUT2D eigenvalue weighted by Crippen LogP contribution is 2.22. The zero-order chi connectivity index (χ0) is 16.3. The number of rotatable bonds is 4. The first kappa shape index (κ1) is 16.4. The van der Waals surface area contributed by atoms with E-state index in [4.69, 9.17) is 4.74 Å². The van der Waals surface area contributed by atoms with Gasteiger partial charge in [-0.1, -0.05) is 0 Å². The van der Waals surface area contributed by atoms with Gasteiger partial charge in [0, 0.05) is 0 Å². The molecule has 2 aromatic rings. The first-order valence-electron chi connectivity index (χ1n) is 6.66. The van der Waals surface area contributed by atoms with Crippen LogP contribution in [0.4, 0.5) is 10.1 Å². The molecule has 2 rings (SSSR count). The molecule has 0 atom stereocenters. The van der Waals surface area contributed by atoms with E-state index >= 15 is 0 Å². The number of halogens is 2. The van der Waals surface area contributed by atoms with Crippen LogP contribution in [0.5, 0.6) is 5.75 Å². The van der Waals surface area contributed by atoms with Gasteiger partial charge in [-0.3, -0.25) is 4.79 Å². The van der Waals surface area contributed by atoms with Crippen molar-refractivity contribution in [1.29, 1.82) is 0 Å². The lowest BCUT2D eigenvalue weighted by atomic mass is 10.1. The number of anilines is 1. The van der Waals surface area contributed by atoms with E-state index in [-0.39, 0.29) is 11.7 Å². The van der Waals surface area contributed by atoms with Gasteiger partial charge < -0.3 is 10.1 Å². The average Bonchev–Trinajstić information content (AvgIpc) is 2.44. The van der Waals surface area contributed by atoms with Crippen molar-refractivity contribution >= 4 is 27.5 Å². The largest absolute Gasteiger partial charge is 0.478 e. The van der Waals surface area contributed by atoms with E-state index in [1.54, 1.807) is 20.0 Å². The molecule has 0 saturated carbocycles. The third-order valence-electron chi connectivity index (χ3n) is 3.06. The van der Waals surface area contributed by atoms with E-state index in [1.165, 1.54) is 24.3 Å². The van der Waals surface area contributed by atoms with Gasteiger partial charge in [-0.05, 0) is 72.6 Å². The predicted octanol–water partition coefficient (Wildman–Crippen LogP) is 4.09. The zero-order valence-electron chi connectivity index (χ0n) is 12.5. The molecule has 0 aliphatic carbocycles. The van der Waals surface area contributed by atoms with Crippen molar-refractivity contribution < 1.29 is 13.9 Å². The van der Waals surface area contributed by atoms with Crippen molar-refractivity contribution in [3.8, 4) is 5.75 Å². The molecule has 1 aromatic carbocycles. The number of amides is 1. The van der Waals surface area contributed by atoms with Crippen molar-refractivity contribution in [2.75, 3.05) is 5.32 Å². The van der Waals surface area contributed by atoms with Gasteiger partial charge >= 0.3 is 0 Å². The number of aryl methyl sites for hydroxylation is 1. The van der Waals surface area contributed by atoms with Gasteiger partial charge in [0.15, 0.2) is 5.60 Å². The van der Waals surface area contributed by atoms with Crippen molar-refractivity contribution in [2.45, 2.75) is 26.4 Å². The Morgan fingerprint density at radius 2 is 1.95 bits per heavy atom. The maximum absolute atomic E-state index is 12.9. The Morgan fingerprint density at radius 3 is 2.55 bits per heavy atom. The lowest BCUT2D eigenvalue weighted by Crippen LogP contribution is -2.42. The fourth-order valence-corrected chi connectivity index (χ4v) is 2.21. The summed E-state index contributed by atoms with van der Waals surface area (Å²) in [7, 11) is 0. The zero-order valence-corrected chi connectivity index (χ0v) is 14.1. The molecule has 116 valence electrons. The smallest absolute Gasteiger partial charge is 0.268 e. The number of pyridine rings is 1. The number of hydrogen-bond donors (Lipinski definition) is 1. The summed E-state index contributed by atoms with van der Waals surface area (Å²) in [5.41, 5.74) is 0.383. The first-order valence-corrected chi connectivity index (χ1v) is 7.45. The molecule has 0 saturated heterocycles. The van der Waals surface area contributed by atoms with E-state index < -0.39 is 5.60 Å². The Morgan fingerprint density at radius 1 is 1.32 bits per heavy atom. The Labute approximate surface area is 136 Å². The van der Waals surface area contributed by atoms with E-state index in [1.807, 2.05) is 13.0 Å². The fraction of sp³-hybridized carbons (Fsp3) is 0.250. The molecular formula is C16H16BrFN2O2. The molecule has 4 nitrogen and oxygen atoms in total. The minimum atomic E-state index is -1.11. The third kappa shape index (κ3) is 4.04. The molecule has 0 aliphatic rings. The van der Waals surface area contributed by atoms with Crippen LogP contribution in [0.15, 0.2) is 41.1 Å². The van der Waals surface area contributed by atoms with E-state index in [0.29, 0.717) is 16.0 Å². The lowest BCUT2D eigenvalue weighted by molar-refractivity contribution is -0.128. The average molecular weight is 367 g/mol. The van der Waals surface area contributed by atoms with E-state index in [9.17, 15) is 9.18 Å². The van der Waals surface area contributed by atoms with Crippen LogP contribution in [0.25, 0.3) is 0 Å². The van der Waals surface area contributed by atoms with Crippen LogP contribution in [0.3, 0.4) is 0 Å². The topological polar surface area (TPSA) is 51.2 Å². The Balaban J connectivity index is 2.11. The quantitative estimate of drug-likeness (QED) is 0.829. The van der Waals surface area contributed by atoms with Crippen LogP contribution in [0.1, 0.15) is 19.4 Å². The Hall–Kier alpha value is -1.95. The molecule has 0 radical (unpaired) electrons. The first-order chi connectivity index (χ1) is 10.3. The van der Waals surface area contributed by atoms with E-state index in [2.05, 4.69) is 26.2 Å². The third-order valence-corrected chi connectivity index (χ3v) is 3.49. The van der Waals surface area contributed by atoms with Gasteiger partial charge in [0.25, 0.3) is 5.91 Å². The maximum atomic E-state index is 12.9. The van der Waals surface area contributed by atoms with Crippen LogP contribution >= 0.6 is 15.9 Å². The summed E-state index contributed by atoms with van der Waals surface area (Å²) in [6, 6.07) is 7.34. The summed E-state index contributed by atoms with van der Waals surface area (Å²) in [4.78, 5) is 16.5. The minimum absolute atomic E-state index is 0.316. The number of carbonyl (C=O) groups excluding carboxylic acids is 1. The van der Waals surface area contributed by atoms with Crippen LogP contribution in [-0.4, -0.2) is 16.5 Å². The Bertz CT molecular complexity index is 687. The van der Waals surface area contributed by atoms with Crippen LogP contribution < -0.4 is 10.1 Å². The maximum Gasteiger partial charge on any atom is 0.268 e. The number of hydrogen-bond acceptors (Lipinski definition) is 3. The van der Waals surface area contributed by atoms with E-state index in [0.717, 1.165) is 5.56 Å². The van der Waals surface area contributed by atoms with Gasteiger partial charge in [-0.15, -0.1) is 0 Å². The van der Waals surface area contributed by atoms with Crippen molar-refractivity contribution in [2.24, 2.45) is 0 Å². The minimum Gasteiger partial charge on any atom is -0.478 e. The molecule has 0 spiro atoms. The molecule has 1 N–H and O–H groups in total. The molecule has 0 bridgehead atoms. The number of ether oxygens (including phenoxy) is 1. The summed E-state index contributed by atoms with van der Waals surface area (Å²) in [6.07, 6.45) is 1.57. The van der Waals surface area contributed by atoms with Crippen molar-refractivity contribution in [3.05, 3.63) is 52.5 Å². The molecule has 22 heavy (non-hydrogen) atoms. The molecule has 1 heterocycles. The lowest BCUT2D eigenvalue weighted by Gasteiger charge is -2.25. The monoisotopic (exact) mass is 366 g/mol. The second-order valence-corrected chi connectivity index (χ2v) is 6.15. The summed E-state index contributed by atoms with van der Waals surface area (Å²) in [5, 5.41) is 2.79. The predicted molar refractivity (Wildman–Crippen MR) is 86.4 cm³/mol. The highest BCUT2D eigenvalue weighted by Gasteiger charge is 2.30. The van der Waals surface area contributed by atoms with Crippen LogP contribution in [0.2, 0.25) is 0 Å². The standard InChI is InChI=1S/C16H16BrFN2O2/c1-10-8-14(17)19-9-13(10)20-15(21)16(2,3)22-12-6-4-11(18)5-7-12/h4-9H,1-3H3,(H,20,21). The van der Waals surface area contributed by atoms with Gasteiger partial charge in [0.1, 0.15) is 16.2 Å². The number of aromatic nitrogens is 1. The van der Waals surface area contributed by atoms with Gasteiger partial charge in [0.2, 0.25) is 0 Å². The molecular weight excluding hydrogens is 351 g/mol. The van der Waals surface area contributed by atoms with Gasteiger partial charge in [-0.2, -0.15) is 0 Å². The number of benzene rings is 1. The summed E-state index contributed by atoms with van der Waals surface area (Å²) < 4.78 is 19.2. The normalized spacial score (nSPS) is 11.1. The molecule has 0 aliphatic heterocycles. The summed E-state index contributed by atoms with van der Waals surface area (Å²) in [5.74, 6) is -0.248. The van der Waals surface area contributed by atoms with Gasteiger partial charge in [0.05, 0.1) is 11.9 Å². The molecule has 6 heteroatoms. The van der Waals surface area contributed by atoms with Gasteiger partial charge in [-0.25, -0.2) is 9.37 Å².